The fourth-order valence-corrected chi connectivity index (χ4v) is 3.60. The van der Waals surface area contributed by atoms with Crippen LogP contribution in [-0.2, 0) is 12.8 Å². The lowest BCUT2D eigenvalue weighted by molar-refractivity contribution is 0.967. The Balaban J connectivity index is 2.10. The van der Waals surface area contributed by atoms with Crippen LogP contribution >= 0.6 is 34.5 Å². The van der Waals surface area contributed by atoms with Gasteiger partial charge in [-0.2, -0.15) is 0 Å². The summed E-state index contributed by atoms with van der Waals surface area (Å²) in [4.78, 5) is 11.5. The molecule has 114 valence electrons. The van der Waals surface area contributed by atoms with Crippen molar-refractivity contribution in [2.75, 3.05) is 5.32 Å². The maximum atomic E-state index is 6.25. The normalized spacial score (nSPS) is 11.1. The molecule has 22 heavy (non-hydrogen) atoms. The van der Waals surface area contributed by atoms with Gasteiger partial charge in [0.2, 0.25) is 0 Å². The predicted octanol–water partition coefficient (Wildman–Crippen LogP) is 5.87. The summed E-state index contributed by atoms with van der Waals surface area (Å²) in [6.45, 7) is 4.19. The second-order valence-corrected chi connectivity index (χ2v) is 6.84. The van der Waals surface area contributed by atoms with Gasteiger partial charge in [0.25, 0.3) is 0 Å². The lowest BCUT2D eigenvalue weighted by Crippen LogP contribution is -2.00. The van der Waals surface area contributed by atoms with Crippen LogP contribution in [0, 0.1) is 0 Å². The predicted molar refractivity (Wildman–Crippen MR) is 95.9 cm³/mol. The molecule has 0 bridgehead atoms. The lowest BCUT2D eigenvalue weighted by Gasteiger charge is -2.10. The Morgan fingerprint density at radius 1 is 1.09 bits per heavy atom. The standard InChI is InChI=1S/C16H15Cl2N3S/c1-3-10-8-11-15(20-14(4-2)21-16(11)22-10)19-13-6-5-9(17)7-12(13)18/h5-8H,3-4H2,1-2H3,(H,19,20,21). The van der Waals surface area contributed by atoms with E-state index in [1.807, 2.05) is 6.07 Å². The van der Waals surface area contributed by atoms with Gasteiger partial charge in [-0.3, -0.25) is 0 Å². The summed E-state index contributed by atoms with van der Waals surface area (Å²) < 4.78 is 0. The van der Waals surface area contributed by atoms with Crippen molar-refractivity contribution in [3.05, 3.63) is 45.0 Å². The van der Waals surface area contributed by atoms with Crippen LogP contribution in [-0.4, -0.2) is 9.97 Å². The second-order valence-electron chi connectivity index (χ2n) is 4.88. The Kier molecular flexibility index (Phi) is 4.52. The monoisotopic (exact) mass is 351 g/mol. The molecular formula is C16H15Cl2N3S. The van der Waals surface area contributed by atoms with Crippen LogP contribution in [0.25, 0.3) is 10.2 Å². The average molecular weight is 352 g/mol. The van der Waals surface area contributed by atoms with E-state index < -0.39 is 0 Å². The minimum Gasteiger partial charge on any atom is -0.338 e. The van der Waals surface area contributed by atoms with E-state index in [1.54, 1.807) is 23.5 Å². The molecule has 0 saturated carbocycles. The van der Waals surface area contributed by atoms with Crippen molar-refractivity contribution in [3.63, 3.8) is 0 Å². The van der Waals surface area contributed by atoms with E-state index >= 15 is 0 Å². The zero-order chi connectivity index (χ0) is 15.7. The van der Waals surface area contributed by atoms with Crippen molar-refractivity contribution in [2.45, 2.75) is 26.7 Å². The summed E-state index contributed by atoms with van der Waals surface area (Å²) >= 11 is 13.9. The SMILES string of the molecule is CCc1nc(Nc2ccc(Cl)cc2Cl)c2cc(CC)sc2n1. The molecule has 0 amide bonds. The van der Waals surface area contributed by atoms with Crippen LogP contribution in [0.1, 0.15) is 24.5 Å². The number of hydrogen-bond acceptors (Lipinski definition) is 4. The fraction of sp³-hybridized carbons (Fsp3) is 0.250. The van der Waals surface area contributed by atoms with Crippen LogP contribution in [0.3, 0.4) is 0 Å². The highest BCUT2D eigenvalue weighted by Crippen LogP contribution is 2.33. The third-order valence-corrected chi connectivity index (χ3v) is 5.06. The maximum Gasteiger partial charge on any atom is 0.142 e. The van der Waals surface area contributed by atoms with Crippen molar-refractivity contribution >= 4 is 56.3 Å². The van der Waals surface area contributed by atoms with Crippen LogP contribution in [0.15, 0.2) is 24.3 Å². The summed E-state index contributed by atoms with van der Waals surface area (Å²) in [5.74, 6) is 1.62. The molecule has 0 saturated heterocycles. The molecule has 0 spiro atoms. The van der Waals surface area contributed by atoms with E-state index in [1.165, 1.54) is 4.88 Å². The zero-order valence-electron chi connectivity index (χ0n) is 12.3. The zero-order valence-corrected chi connectivity index (χ0v) is 14.6. The molecule has 0 aliphatic heterocycles. The number of fused-ring (bicyclic) bond motifs is 1. The number of nitrogens with zero attached hydrogens (tertiary/aromatic N) is 2. The molecule has 0 unspecified atom stereocenters. The average Bonchev–Trinajstić information content (AvgIpc) is 2.93. The highest BCUT2D eigenvalue weighted by molar-refractivity contribution is 7.18. The third-order valence-electron chi connectivity index (χ3n) is 3.34. The molecule has 3 nitrogen and oxygen atoms in total. The molecule has 0 radical (unpaired) electrons. The van der Waals surface area contributed by atoms with Crippen molar-refractivity contribution in [3.8, 4) is 0 Å². The van der Waals surface area contributed by atoms with Crippen LogP contribution in [0.5, 0.6) is 0 Å². The van der Waals surface area contributed by atoms with Gasteiger partial charge in [0.15, 0.2) is 0 Å². The van der Waals surface area contributed by atoms with Crippen molar-refractivity contribution < 1.29 is 0 Å². The highest BCUT2D eigenvalue weighted by atomic mass is 35.5. The molecule has 3 rings (SSSR count). The Morgan fingerprint density at radius 3 is 2.59 bits per heavy atom. The van der Waals surface area contributed by atoms with Gasteiger partial charge in [-0.25, -0.2) is 9.97 Å². The Bertz CT molecular complexity index is 830. The molecule has 0 fully saturated rings. The van der Waals surface area contributed by atoms with Gasteiger partial charge in [0.05, 0.1) is 16.1 Å². The Labute approximate surface area is 143 Å². The van der Waals surface area contributed by atoms with Gasteiger partial charge in [0, 0.05) is 16.3 Å². The topological polar surface area (TPSA) is 37.8 Å². The van der Waals surface area contributed by atoms with Gasteiger partial charge >= 0.3 is 0 Å². The number of aryl methyl sites for hydroxylation is 2. The number of benzene rings is 1. The van der Waals surface area contributed by atoms with Crippen molar-refractivity contribution in [1.29, 1.82) is 0 Å². The van der Waals surface area contributed by atoms with Crippen LogP contribution in [0.2, 0.25) is 10.0 Å². The number of halogens is 2. The first-order valence-electron chi connectivity index (χ1n) is 7.12. The molecule has 3 aromatic rings. The minimum atomic E-state index is 0.572. The van der Waals surface area contributed by atoms with Crippen LogP contribution < -0.4 is 5.32 Å². The summed E-state index contributed by atoms with van der Waals surface area (Å²) in [5.41, 5.74) is 0.789. The number of thiophene rings is 1. The molecule has 2 heterocycles. The number of rotatable bonds is 4. The van der Waals surface area contributed by atoms with Gasteiger partial charge in [-0.1, -0.05) is 37.0 Å². The Morgan fingerprint density at radius 2 is 1.91 bits per heavy atom. The Hall–Kier alpha value is -1.36. The molecule has 0 aliphatic carbocycles. The first-order chi connectivity index (χ1) is 10.6. The molecule has 1 N–H and O–H groups in total. The first-order valence-corrected chi connectivity index (χ1v) is 8.69. The number of hydrogen-bond donors (Lipinski definition) is 1. The van der Waals surface area contributed by atoms with Crippen LogP contribution in [0.4, 0.5) is 11.5 Å². The smallest absolute Gasteiger partial charge is 0.142 e. The quantitative estimate of drug-likeness (QED) is 0.638. The molecule has 0 atom stereocenters. The summed E-state index contributed by atoms with van der Waals surface area (Å²) in [6.07, 6.45) is 1.78. The summed E-state index contributed by atoms with van der Waals surface area (Å²) in [5, 5.41) is 5.54. The molecule has 0 aliphatic rings. The molecule has 2 aromatic heterocycles. The summed E-state index contributed by atoms with van der Waals surface area (Å²) in [6, 6.07) is 7.53. The lowest BCUT2D eigenvalue weighted by atomic mass is 10.2. The molecular weight excluding hydrogens is 337 g/mol. The number of nitrogens with one attached hydrogen (secondary N) is 1. The van der Waals surface area contributed by atoms with E-state index in [-0.39, 0.29) is 0 Å². The van der Waals surface area contributed by atoms with E-state index in [4.69, 9.17) is 23.2 Å². The summed E-state index contributed by atoms with van der Waals surface area (Å²) in [7, 11) is 0. The molecule has 6 heteroatoms. The third kappa shape index (κ3) is 3.05. The second kappa shape index (κ2) is 6.41. The van der Waals surface area contributed by atoms with E-state index in [0.29, 0.717) is 10.0 Å². The van der Waals surface area contributed by atoms with Crippen molar-refractivity contribution in [1.82, 2.24) is 9.97 Å². The number of aromatic nitrogens is 2. The van der Waals surface area contributed by atoms with Gasteiger partial charge in [0.1, 0.15) is 16.5 Å². The van der Waals surface area contributed by atoms with Gasteiger partial charge in [-0.15, -0.1) is 11.3 Å². The highest BCUT2D eigenvalue weighted by Gasteiger charge is 2.12. The maximum absolute atomic E-state index is 6.25. The van der Waals surface area contributed by atoms with E-state index in [9.17, 15) is 0 Å². The number of anilines is 2. The largest absolute Gasteiger partial charge is 0.338 e. The fourth-order valence-electron chi connectivity index (χ4n) is 2.16. The van der Waals surface area contributed by atoms with E-state index in [2.05, 4.69) is 35.2 Å². The van der Waals surface area contributed by atoms with Gasteiger partial charge in [-0.05, 0) is 30.7 Å². The molecule has 1 aromatic carbocycles. The van der Waals surface area contributed by atoms with E-state index in [0.717, 1.165) is 40.4 Å². The first kappa shape index (κ1) is 15.5. The minimum absolute atomic E-state index is 0.572. The van der Waals surface area contributed by atoms with Gasteiger partial charge < -0.3 is 5.32 Å². The van der Waals surface area contributed by atoms with Crippen molar-refractivity contribution in [2.24, 2.45) is 0 Å².